The van der Waals surface area contributed by atoms with E-state index in [1.807, 2.05) is 35.6 Å². The Morgan fingerprint density at radius 1 is 0.314 bits per heavy atom. The number of hydrogen-bond donors (Lipinski definition) is 0. The molecule has 0 fully saturated rings. The fraction of sp³-hybridized carbons (Fsp3) is 0. The van der Waals surface area contributed by atoms with E-state index in [4.69, 9.17) is 9.97 Å². The lowest BCUT2D eigenvalue weighted by Crippen LogP contribution is -1.96. The molecule has 0 saturated heterocycles. The van der Waals surface area contributed by atoms with Gasteiger partial charge in [0.05, 0.1) is 11.4 Å². The third-order valence-electron chi connectivity index (χ3n) is 9.84. The minimum atomic E-state index is 0.711. The predicted octanol–water partition coefficient (Wildman–Crippen LogP) is 13.5. The van der Waals surface area contributed by atoms with Gasteiger partial charge in [0, 0.05) is 42.2 Å². The minimum absolute atomic E-state index is 0.711. The van der Waals surface area contributed by atoms with Crippen LogP contribution in [-0.2, 0) is 0 Å². The quantitative estimate of drug-likeness (QED) is 0.183. The lowest BCUT2D eigenvalue weighted by molar-refractivity contribution is 1.18. The summed E-state index contributed by atoms with van der Waals surface area (Å²) in [6, 6.07) is 65.0. The van der Waals surface area contributed by atoms with Crippen LogP contribution in [0.4, 0.5) is 0 Å². The highest BCUT2D eigenvalue weighted by atomic mass is 32.1. The Labute approximate surface area is 300 Å². The van der Waals surface area contributed by atoms with E-state index in [1.54, 1.807) is 0 Å². The topological polar surface area (TPSA) is 25.8 Å². The third-order valence-corrected chi connectivity index (χ3v) is 11.1. The Morgan fingerprint density at radius 2 is 0.843 bits per heavy atom. The summed E-state index contributed by atoms with van der Waals surface area (Å²) < 4.78 is 2.67. The summed E-state index contributed by atoms with van der Waals surface area (Å²) in [6.45, 7) is 0. The molecule has 0 aliphatic rings. The van der Waals surface area contributed by atoms with Gasteiger partial charge in [-0.3, -0.25) is 0 Å². The molecule has 3 heteroatoms. The number of aromatic nitrogens is 2. The average Bonchev–Trinajstić information content (AvgIpc) is 3.61. The van der Waals surface area contributed by atoms with Gasteiger partial charge in [-0.05, 0) is 68.7 Å². The van der Waals surface area contributed by atoms with E-state index in [0.29, 0.717) is 5.82 Å². The molecule has 8 aromatic carbocycles. The molecule has 10 rings (SSSR count). The molecular formula is C48H30N2S. The first kappa shape index (κ1) is 29.5. The van der Waals surface area contributed by atoms with Crippen LogP contribution in [0.15, 0.2) is 182 Å². The normalized spacial score (nSPS) is 11.5. The summed E-state index contributed by atoms with van der Waals surface area (Å²) in [7, 11) is 0. The maximum absolute atomic E-state index is 5.23. The maximum Gasteiger partial charge on any atom is 0.160 e. The van der Waals surface area contributed by atoms with Crippen molar-refractivity contribution in [3.05, 3.63) is 182 Å². The lowest BCUT2D eigenvalue weighted by Gasteiger charge is -2.15. The van der Waals surface area contributed by atoms with Crippen LogP contribution in [0.5, 0.6) is 0 Å². The van der Waals surface area contributed by atoms with E-state index in [0.717, 1.165) is 39.2 Å². The van der Waals surface area contributed by atoms with Gasteiger partial charge in [0.2, 0.25) is 0 Å². The summed E-state index contributed by atoms with van der Waals surface area (Å²) in [5.41, 5.74) is 9.57. The summed E-state index contributed by atoms with van der Waals surface area (Å²) in [6.07, 6.45) is 0. The molecule has 0 unspecified atom stereocenters. The standard InChI is InChI=1S/C48H30N2S/c1-4-14-31(15-5-1)35-26-36(28-37(27-35)45-30-44(33-17-6-2-7-18-33)49-48(50-45)34-19-8-3-9-20-34)42-29-43-41-25-24-32-16-10-11-21-38(32)46(41)51-47(43)40-23-13-12-22-39(40)42/h1-30H. The van der Waals surface area contributed by atoms with Crippen LogP contribution in [-0.4, -0.2) is 9.97 Å². The maximum atomic E-state index is 5.23. The predicted molar refractivity (Wildman–Crippen MR) is 217 cm³/mol. The van der Waals surface area contributed by atoms with E-state index in [9.17, 15) is 0 Å². The molecule has 2 aromatic heterocycles. The number of fused-ring (bicyclic) bond motifs is 7. The van der Waals surface area contributed by atoms with Crippen molar-refractivity contribution in [1.82, 2.24) is 9.97 Å². The van der Waals surface area contributed by atoms with Crippen LogP contribution in [0.2, 0.25) is 0 Å². The van der Waals surface area contributed by atoms with Gasteiger partial charge < -0.3 is 0 Å². The fourth-order valence-corrected chi connectivity index (χ4v) is 8.72. The van der Waals surface area contributed by atoms with Crippen LogP contribution in [0.1, 0.15) is 0 Å². The zero-order valence-corrected chi connectivity index (χ0v) is 28.4. The van der Waals surface area contributed by atoms with Crippen molar-refractivity contribution in [3.63, 3.8) is 0 Å². The molecule has 0 amide bonds. The Balaban J connectivity index is 1.26. The molecule has 0 radical (unpaired) electrons. The van der Waals surface area contributed by atoms with E-state index in [1.165, 1.54) is 52.8 Å². The second-order valence-electron chi connectivity index (χ2n) is 13.0. The molecule has 238 valence electrons. The molecule has 0 bridgehead atoms. The van der Waals surface area contributed by atoms with Gasteiger partial charge in [0.15, 0.2) is 5.82 Å². The smallest absolute Gasteiger partial charge is 0.160 e. The number of hydrogen-bond acceptors (Lipinski definition) is 3. The Kier molecular flexibility index (Phi) is 7.04. The van der Waals surface area contributed by atoms with Crippen molar-refractivity contribution in [1.29, 1.82) is 0 Å². The first-order valence-electron chi connectivity index (χ1n) is 17.2. The van der Waals surface area contributed by atoms with Crippen molar-refractivity contribution < 1.29 is 0 Å². The number of nitrogens with zero attached hydrogens (tertiary/aromatic N) is 2. The molecule has 0 N–H and O–H groups in total. The van der Waals surface area contributed by atoms with Gasteiger partial charge in [0.1, 0.15) is 0 Å². The van der Waals surface area contributed by atoms with Crippen LogP contribution in [0, 0.1) is 0 Å². The van der Waals surface area contributed by atoms with E-state index < -0.39 is 0 Å². The zero-order chi connectivity index (χ0) is 33.7. The van der Waals surface area contributed by atoms with E-state index in [-0.39, 0.29) is 0 Å². The first-order chi connectivity index (χ1) is 25.3. The first-order valence-corrected chi connectivity index (χ1v) is 18.1. The summed E-state index contributed by atoms with van der Waals surface area (Å²) in [5, 5.41) is 7.70. The molecule has 0 saturated carbocycles. The van der Waals surface area contributed by atoms with Crippen LogP contribution < -0.4 is 0 Å². The van der Waals surface area contributed by atoms with Crippen LogP contribution >= 0.6 is 11.3 Å². The van der Waals surface area contributed by atoms with E-state index in [2.05, 4.69) is 158 Å². The lowest BCUT2D eigenvalue weighted by atomic mass is 9.91. The molecule has 0 spiro atoms. The monoisotopic (exact) mass is 666 g/mol. The van der Waals surface area contributed by atoms with Crippen molar-refractivity contribution in [2.75, 3.05) is 0 Å². The van der Waals surface area contributed by atoms with Crippen molar-refractivity contribution >= 4 is 53.1 Å². The van der Waals surface area contributed by atoms with Crippen LogP contribution in [0.3, 0.4) is 0 Å². The number of thiophene rings is 1. The zero-order valence-electron chi connectivity index (χ0n) is 27.6. The van der Waals surface area contributed by atoms with Gasteiger partial charge in [-0.25, -0.2) is 9.97 Å². The molecule has 2 heterocycles. The molecular weight excluding hydrogens is 637 g/mol. The van der Waals surface area contributed by atoms with Gasteiger partial charge in [-0.2, -0.15) is 0 Å². The Morgan fingerprint density at radius 3 is 1.59 bits per heavy atom. The minimum Gasteiger partial charge on any atom is -0.228 e. The summed E-state index contributed by atoms with van der Waals surface area (Å²) in [4.78, 5) is 10.3. The summed E-state index contributed by atoms with van der Waals surface area (Å²) >= 11 is 1.91. The largest absolute Gasteiger partial charge is 0.228 e. The SMILES string of the molecule is c1ccc(-c2cc(-c3cc(-c4ccccc4)nc(-c4ccccc4)n3)cc(-c3cc4c5ccc6ccccc6c5sc4c4ccccc34)c2)cc1. The molecule has 0 atom stereocenters. The van der Waals surface area contributed by atoms with E-state index >= 15 is 0 Å². The second-order valence-corrected chi connectivity index (χ2v) is 14.0. The second kappa shape index (κ2) is 12.2. The van der Waals surface area contributed by atoms with Gasteiger partial charge in [-0.1, -0.05) is 152 Å². The summed E-state index contributed by atoms with van der Waals surface area (Å²) in [5.74, 6) is 0.711. The average molecular weight is 667 g/mol. The van der Waals surface area contributed by atoms with Crippen LogP contribution in [0.25, 0.3) is 97.9 Å². The van der Waals surface area contributed by atoms with Crippen molar-refractivity contribution in [2.45, 2.75) is 0 Å². The molecule has 0 aliphatic carbocycles. The fourth-order valence-electron chi connectivity index (χ4n) is 7.36. The highest BCUT2D eigenvalue weighted by Gasteiger charge is 2.18. The van der Waals surface area contributed by atoms with Gasteiger partial charge in [-0.15, -0.1) is 11.3 Å². The molecule has 0 aliphatic heterocycles. The third kappa shape index (κ3) is 5.18. The highest BCUT2D eigenvalue weighted by molar-refractivity contribution is 7.27. The Hall–Kier alpha value is -6.42. The van der Waals surface area contributed by atoms with Gasteiger partial charge >= 0.3 is 0 Å². The molecule has 51 heavy (non-hydrogen) atoms. The Bertz CT molecular complexity index is 2840. The van der Waals surface area contributed by atoms with Gasteiger partial charge in [0.25, 0.3) is 0 Å². The number of benzene rings is 8. The molecule has 2 nitrogen and oxygen atoms in total. The number of rotatable bonds is 5. The highest BCUT2D eigenvalue weighted by Crippen LogP contribution is 2.46. The van der Waals surface area contributed by atoms with Crippen molar-refractivity contribution in [2.24, 2.45) is 0 Å². The van der Waals surface area contributed by atoms with Crippen molar-refractivity contribution in [3.8, 4) is 56.2 Å². The molecule has 10 aromatic rings.